The molecule has 1 unspecified atom stereocenters. The molecule has 1 aliphatic rings. The third kappa shape index (κ3) is 1.22. The topological polar surface area (TPSA) is 49.8 Å². The molecule has 1 saturated carbocycles. The average Bonchev–Trinajstić information content (AvgIpc) is 1.61. The van der Waals surface area contributed by atoms with Crippen molar-refractivity contribution in [3.63, 3.8) is 0 Å². The molecule has 1 rings (SSSR count). The molecule has 9 heavy (non-hydrogen) atoms. The number of nitrogens with two attached hydrogens (primary N) is 1. The summed E-state index contributed by atoms with van der Waals surface area (Å²) < 4.78 is 0. The molecule has 0 amide bonds. The lowest BCUT2D eigenvalue weighted by Gasteiger charge is -2.33. The monoisotopic (exact) mass is 124 g/mol. The minimum atomic E-state index is 0.287. The molecule has 0 aromatic rings. The summed E-state index contributed by atoms with van der Waals surface area (Å²) in [7, 11) is 0. The highest BCUT2D eigenvalue weighted by atomic mass is 14.6. The van der Waals surface area contributed by atoms with E-state index in [-0.39, 0.29) is 6.04 Å². The van der Waals surface area contributed by atoms with E-state index >= 15 is 0 Å². The highest BCUT2D eigenvalue weighted by Gasteiger charge is 2.30. The summed E-state index contributed by atoms with van der Waals surface area (Å²) in [6, 6.07) is 2.52. The first kappa shape index (κ1) is 6.57. The first-order chi connectivity index (χ1) is 4.24. The first-order valence-corrected chi connectivity index (χ1v) is 3.39. The van der Waals surface area contributed by atoms with Crippen LogP contribution < -0.4 is 5.73 Å². The zero-order valence-corrected chi connectivity index (χ0v) is 5.67. The van der Waals surface area contributed by atoms with Gasteiger partial charge in [-0.25, -0.2) is 0 Å². The van der Waals surface area contributed by atoms with Gasteiger partial charge in [0, 0.05) is 12.0 Å². The van der Waals surface area contributed by atoms with Gasteiger partial charge in [0.1, 0.15) is 0 Å². The molecule has 0 bridgehead atoms. The van der Waals surface area contributed by atoms with Gasteiger partial charge in [-0.15, -0.1) is 0 Å². The molecule has 2 heteroatoms. The summed E-state index contributed by atoms with van der Waals surface area (Å²) in [6.45, 7) is 2.01. The van der Waals surface area contributed by atoms with E-state index in [4.69, 9.17) is 11.0 Å². The summed E-state index contributed by atoms with van der Waals surface area (Å²) in [5, 5.41) is 8.39. The van der Waals surface area contributed by atoms with E-state index < -0.39 is 0 Å². The summed E-state index contributed by atoms with van der Waals surface area (Å²) in [4.78, 5) is 0. The summed E-state index contributed by atoms with van der Waals surface area (Å²) in [6.07, 6.45) is 2.04. The van der Waals surface area contributed by atoms with Crippen LogP contribution in [-0.2, 0) is 0 Å². The SMILES string of the molecule is CC(N)[C@H]1C[C@@H](C#N)C1. The van der Waals surface area contributed by atoms with Gasteiger partial charge in [0.25, 0.3) is 0 Å². The lowest BCUT2D eigenvalue weighted by molar-refractivity contribution is 0.214. The third-order valence-electron chi connectivity index (χ3n) is 2.10. The Bertz CT molecular complexity index is 128. The van der Waals surface area contributed by atoms with Gasteiger partial charge in [0.15, 0.2) is 0 Å². The van der Waals surface area contributed by atoms with Crippen LogP contribution in [0.2, 0.25) is 0 Å². The van der Waals surface area contributed by atoms with Crippen molar-refractivity contribution in [2.24, 2.45) is 17.6 Å². The van der Waals surface area contributed by atoms with Crippen LogP contribution in [-0.4, -0.2) is 6.04 Å². The molecular formula is C7H12N2. The van der Waals surface area contributed by atoms with Crippen LogP contribution in [0.1, 0.15) is 19.8 Å². The van der Waals surface area contributed by atoms with Crippen LogP contribution in [0.3, 0.4) is 0 Å². The Hall–Kier alpha value is -0.550. The van der Waals surface area contributed by atoms with Gasteiger partial charge in [-0.1, -0.05) is 0 Å². The maximum Gasteiger partial charge on any atom is 0.0656 e. The van der Waals surface area contributed by atoms with Crippen molar-refractivity contribution in [2.75, 3.05) is 0 Å². The molecule has 1 aliphatic carbocycles. The maximum atomic E-state index is 8.39. The second-order valence-corrected chi connectivity index (χ2v) is 2.92. The molecule has 0 saturated heterocycles. The van der Waals surface area contributed by atoms with Gasteiger partial charge >= 0.3 is 0 Å². The van der Waals surface area contributed by atoms with Crippen LogP contribution in [0.15, 0.2) is 0 Å². The fourth-order valence-corrected chi connectivity index (χ4v) is 1.20. The second-order valence-electron chi connectivity index (χ2n) is 2.92. The predicted molar refractivity (Wildman–Crippen MR) is 35.5 cm³/mol. The molecule has 0 heterocycles. The van der Waals surface area contributed by atoms with E-state index in [0.717, 1.165) is 12.8 Å². The van der Waals surface area contributed by atoms with Gasteiger partial charge in [-0.2, -0.15) is 5.26 Å². The van der Waals surface area contributed by atoms with Crippen LogP contribution in [0, 0.1) is 23.2 Å². The van der Waals surface area contributed by atoms with Gasteiger partial charge in [0.05, 0.1) is 6.07 Å². The molecule has 2 N–H and O–H groups in total. The molecule has 1 fully saturated rings. The van der Waals surface area contributed by atoms with Gasteiger partial charge < -0.3 is 5.73 Å². The molecule has 0 aromatic carbocycles. The van der Waals surface area contributed by atoms with Crippen molar-refractivity contribution >= 4 is 0 Å². The normalized spacial score (nSPS) is 36.6. The van der Waals surface area contributed by atoms with Crippen molar-refractivity contribution in [3.8, 4) is 6.07 Å². The van der Waals surface area contributed by atoms with Crippen LogP contribution in [0.5, 0.6) is 0 Å². The van der Waals surface area contributed by atoms with Gasteiger partial charge in [-0.05, 0) is 25.7 Å². The summed E-state index contributed by atoms with van der Waals surface area (Å²) >= 11 is 0. The van der Waals surface area contributed by atoms with Crippen molar-refractivity contribution in [2.45, 2.75) is 25.8 Å². The van der Waals surface area contributed by atoms with E-state index in [9.17, 15) is 0 Å². The highest BCUT2D eigenvalue weighted by Crippen LogP contribution is 2.34. The zero-order valence-electron chi connectivity index (χ0n) is 5.67. The Labute approximate surface area is 55.7 Å². The molecule has 0 aromatic heterocycles. The zero-order chi connectivity index (χ0) is 6.85. The third-order valence-corrected chi connectivity index (χ3v) is 2.10. The number of hydrogen-bond donors (Lipinski definition) is 1. The Morgan fingerprint density at radius 3 is 2.56 bits per heavy atom. The van der Waals surface area contributed by atoms with Crippen LogP contribution >= 0.6 is 0 Å². The largest absolute Gasteiger partial charge is 0.328 e. The van der Waals surface area contributed by atoms with Gasteiger partial charge in [-0.3, -0.25) is 0 Å². The Morgan fingerprint density at radius 1 is 1.67 bits per heavy atom. The Kier molecular flexibility index (Phi) is 1.73. The molecule has 2 nitrogen and oxygen atoms in total. The summed E-state index contributed by atoms with van der Waals surface area (Å²) in [5.41, 5.74) is 5.61. The van der Waals surface area contributed by atoms with Crippen molar-refractivity contribution < 1.29 is 0 Å². The van der Waals surface area contributed by atoms with Crippen molar-refractivity contribution in [1.29, 1.82) is 5.26 Å². The Morgan fingerprint density at radius 2 is 2.22 bits per heavy atom. The molecular weight excluding hydrogens is 112 g/mol. The number of nitriles is 1. The minimum Gasteiger partial charge on any atom is -0.328 e. The Balaban J connectivity index is 2.21. The molecule has 50 valence electrons. The van der Waals surface area contributed by atoms with E-state index in [1.54, 1.807) is 0 Å². The fraction of sp³-hybridized carbons (Fsp3) is 0.857. The molecule has 1 atom stereocenters. The second kappa shape index (κ2) is 2.36. The van der Waals surface area contributed by atoms with E-state index in [1.165, 1.54) is 0 Å². The number of nitrogens with zero attached hydrogens (tertiary/aromatic N) is 1. The maximum absolute atomic E-state index is 8.39. The predicted octanol–water partition coefficient (Wildman–Crippen LogP) is 0.883. The first-order valence-electron chi connectivity index (χ1n) is 3.39. The molecule has 0 spiro atoms. The highest BCUT2D eigenvalue weighted by molar-refractivity contribution is 4.96. The quantitative estimate of drug-likeness (QED) is 0.564. The van der Waals surface area contributed by atoms with E-state index in [2.05, 4.69) is 6.07 Å². The minimum absolute atomic E-state index is 0.287. The van der Waals surface area contributed by atoms with Crippen molar-refractivity contribution in [1.82, 2.24) is 0 Å². The smallest absolute Gasteiger partial charge is 0.0656 e. The molecule has 0 radical (unpaired) electrons. The van der Waals surface area contributed by atoms with Crippen molar-refractivity contribution in [3.05, 3.63) is 0 Å². The van der Waals surface area contributed by atoms with Gasteiger partial charge in [0.2, 0.25) is 0 Å². The lowest BCUT2D eigenvalue weighted by atomic mass is 9.72. The molecule has 0 aliphatic heterocycles. The standard InChI is InChI=1S/C7H12N2/c1-5(9)7-2-6(3-7)4-8/h5-7H,2-3,9H2,1H3/t5?,6-,7+. The van der Waals surface area contributed by atoms with E-state index in [1.807, 2.05) is 6.92 Å². The lowest BCUT2D eigenvalue weighted by Crippen LogP contribution is -2.36. The number of hydrogen-bond acceptors (Lipinski definition) is 2. The van der Waals surface area contributed by atoms with Crippen LogP contribution in [0.4, 0.5) is 0 Å². The summed E-state index contributed by atoms with van der Waals surface area (Å²) in [5.74, 6) is 0.927. The average molecular weight is 124 g/mol. The fourth-order valence-electron chi connectivity index (χ4n) is 1.20. The van der Waals surface area contributed by atoms with Crippen LogP contribution in [0.25, 0.3) is 0 Å². The van der Waals surface area contributed by atoms with E-state index in [0.29, 0.717) is 11.8 Å². The number of rotatable bonds is 1.